The summed E-state index contributed by atoms with van der Waals surface area (Å²) in [5.41, 5.74) is 1.15. The van der Waals surface area contributed by atoms with Crippen molar-refractivity contribution in [1.29, 1.82) is 0 Å². The first-order valence-corrected chi connectivity index (χ1v) is 8.63. The van der Waals surface area contributed by atoms with E-state index < -0.39 is 22.5 Å². The standard InChI is InChI=1S/C15H21NO6S/c1-5-21-14-15(2,3)11-8-10(6-7-12(11)22-14)9-13(17)16(4)23(18,19)20/h6-8,14H,5,9H2,1-4H3,(H,18,19,20). The lowest BCUT2D eigenvalue weighted by Crippen LogP contribution is -2.35. The van der Waals surface area contributed by atoms with Gasteiger partial charge in [-0.2, -0.15) is 8.42 Å². The summed E-state index contributed by atoms with van der Waals surface area (Å²) in [5, 5.41) is 0. The van der Waals surface area contributed by atoms with E-state index in [1.807, 2.05) is 26.8 Å². The third-order valence-corrected chi connectivity index (χ3v) is 4.83. The van der Waals surface area contributed by atoms with Crippen molar-refractivity contribution >= 4 is 16.2 Å². The van der Waals surface area contributed by atoms with Crippen LogP contribution in [0.25, 0.3) is 0 Å². The number of fused-ring (bicyclic) bond motifs is 1. The number of likely N-dealkylation sites (N-methyl/N-ethyl adjacent to an activating group) is 1. The second-order valence-electron chi connectivity index (χ2n) is 5.97. The van der Waals surface area contributed by atoms with Gasteiger partial charge in [0.1, 0.15) is 5.75 Å². The molecule has 7 nitrogen and oxygen atoms in total. The van der Waals surface area contributed by atoms with Gasteiger partial charge in [0.2, 0.25) is 12.2 Å². The molecule has 23 heavy (non-hydrogen) atoms. The van der Waals surface area contributed by atoms with E-state index in [0.717, 1.165) is 12.6 Å². The molecule has 1 unspecified atom stereocenters. The molecule has 1 aliphatic heterocycles. The van der Waals surface area contributed by atoms with Crippen LogP contribution in [0.4, 0.5) is 0 Å². The largest absolute Gasteiger partial charge is 0.464 e. The molecule has 0 fully saturated rings. The summed E-state index contributed by atoms with van der Waals surface area (Å²) in [7, 11) is -3.52. The Labute approximate surface area is 136 Å². The maximum Gasteiger partial charge on any atom is 0.361 e. The Balaban J connectivity index is 2.24. The van der Waals surface area contributed by atoms with Gasteiger partial charge in [0.05, 0.1) is 11.8 Å². The Bertz CT molecular complexity index is 713. The molecule has 1 aliphatic rings. The van der Waals surface area contributed by atoms with E-state index >= 15 is 0 Å². The zero-order chi connectivity index (χ0) is 17.4. The first kappa shape index (κ1) is 17.7. The van der Waals surface area contributed by atoms with Crippen molar-refractivity contribution in [3.63, 3.8) is 0 Å². The Morgan fingerprint density at radius 1 is 1.43 bits per heavy atom. The van der Waals surface area contributed by atoms with Crippen molar-refractivity contribution in [2.24, 2.45) is 0 Å². The summed E-state index contributed by atoms with van der Waals surface area (Å²) >= 11 is 0. The van der Waals surface area contributed by atoms with Crippen molar-refractivity contribution in [3.05, 3.63) is 29.3 Å². The van der Waals surface area contributed by atoms with Gasteiger partial charge in [-0.15, -0.1) is 0 Å². The molecule has 0 saturated heterocycles. The minimum atomic E-state index is -4.53. The fourth-order valence-corrected chi connectivity index (χ4v) is 2.81. The number of carbonyl (C=O) groups excluding carboxylic acids is 1. The highest BCUT2D eigenvalue weighted by atomic mass is 32.2. The van der Waals surface area contributed by atoms with E-state index in [2.05, 4.69) is 0 Å². The molecular formula is C15H21NO6S. The second kappa shape index (κ2) is 6.10. The lowest BCUT2D eigenvalue weighted by atomic mass is 9.84. The Kier molecular flexibility index (Phi) is 4.70. The van der Waals surface area contributed by atoms with Crippen LogP contribution in [0.1, 0.15) is 31.9 Å². The topological polar surface area (TPSA) is 93.1 Å². The van der Waals surface area contributed by atoms with E-state index in [4.69, 9.17) is 14.0 Å². The van der Waals surface area contributed by atoms with Gasteiger partial charge in [-0.3, -0.25) is 9.35 Å². The smallest absolute Gasteiger partial charge is 0.361 e. The van der Waals surface area contributed by atoms with Crippen LogP contribution in [0.5, 0.6) is 5.75 Å². The summed E-state index contributed by atoms with van der Waals surface area (Å²) in [5.74, 6) is -0.0293. The van der Waals surface area contributed by atoms with Crippen LogP contribution >= 0.6 is 0 Å². The molecule has 0 bridgehead atoms. The van der Waals surface area contributed by atoms with Gasteiger partial charge >= 0.3 is 10.3 Å². The molecule has 1 amide bonds. The minimum absolute atomic E-state index is 0.140. The van der Waals surface area contributed by atoms with Crippen LogP contribution in [0, 0.1) is 0 Å². The van der Waals surface area contributed by atoms with Crippen LogP contribution in [0.2, 0.25) is 0 Å². The van der Waals surface area contributed by atoms with Gasteiger partial charge in [0.15, 0.2) is 0 Å². The normalized spacial score (nSPS) is 19.1. The van der Waals surface area contributed by atoms with E-state index in [0.29, 0.717) is 22.2 Å². The third-order valence-electron chi connectivity index (χ3n) is 3.93. The van der Waals surface area contributed by atoms with Crippen molar-refractivity contribution in [3.8, 4) is 5.75 Å². The maximum absolute atomic E-state index is 11.9. The average Bonchev–Trinajstić information content (AvgIpc) is 2.69. The zero-order valence-corrected chi connectivity index (χ0v) is 14.4. The Morgan fingerprint density at radius 2 is 2.09 bits per heavy atom. The number of hydrogen-bond donors (Lipinski definition) is 1. The lowest BCUT2D eigenvalue weighted by molar-refractivity contribution is -0.125. The van der Waals surface area contributed by atoms with E-state index in [-0.39, 0.29) is 11.8 Å². The number of carbonyl (C=O) groups is 1. The van der Waals surface area contributed by atoms with Crippen LogP contribution in [-0.4, -0.2) is 43.1 Å². The highest BCUT2D eigenvalue weighted by Crippen LogP contribution is 2.43. The first-order valence-electron chi connectivity index (χ1n) is 7.23. The summed E-state index contributed by atoms with van der Waals surface area (Å²) in [6.45, 7) is 6.37. The number of amides is 1. The van der Waals surface area contributed by atoms with Gasteiger partial charge < -0.3 is 9.47 Å². The quantitative estimate of drug-likeness (QED) is 0.815. The SMILES string of the molecule is CCOC1Oc2ccc(CC(=O)N(C)S(=O)(=O)O)cc2C1(C)C. The Hall–Kier alpha value is -1.64. The van der Waals surface area contributed by atoms with Gasteiger partial charge in [0.25, 0.3) is 0 Å². The molecule has 1 N–H and O–H groups in total. The minimum Gasteiger partial charge on any atom is -0.464 e. The van der Waals surface area contributed by atoms with E-state index in [9.17, 15) is 13.2 Å². The molecule has 1 atom stereocenters. The molecule has 1 aromatic rings. The number of benzene rings is 1. The van der Waals surface area contributed by atoms with Crippen molar-refractivity contribution in [1.82, 2.24) is 4.31 Å². The van der Waals surface area contributed by atoms with Gasteiger partial charge in [0, 0.05) is 19.2 Å². The van der Waals surface area contributed by atoms with E-state index in [1.165, 1.54) is 0 Å². The van der Waals surface area contributed by atoms with Crippen LogP contribution < -0.4 is 4.74 Å². The third kappa shape index (κ3) is 3.49. The highest BCUT2D eigenvalue weighted by molar-refractivity contribution is 7.83. The monoisotopic (exact) mass is 343 g/mol. The number of nitrogens with zero attached hydrogens (tertiary/aromatic N) is 1. The van der Waals surface area contributed by atoms with Crippen LogP contribution in [-0.2, 0) is 31.7 Å². The summed E-state index contributed by atoms with van der Waals surface area (Å²) < 4.78 is 42.6. The van der Waals surface area contributed by atoms with Crippen molar-refractivity contribution in [2.75, 3.05) is 13.7 Å². The molecule has 1 heterocycles. The number of hydrogen-bond acceptors (Lipinski definition) is 5. The molecule has 0 aliphatic carbocycles. The highest BCUT2D eigenvalue weighted by Gasteiger charge is 2.42. The molecule has 0 saturated carbocycles. The zero-order valence-electron chi connectivity index (χ0n) is 13.6. The van der Waals surface area contributed by atoms with Crippen LogP contribution in [0.3, 0.4) is 0 Å². The fourth-order valence-electron chi connectivity index (χ4n) is 2.49. The molecule has 1 aromatic carbocycles. The first-order chi connectivity index (χ1) is 10.6. The second-order valence-corrected chi connectivity index (χ2v) is 7.42. The molecule has 0 aromatic heterocycles. The van der Waals surface area contributed by atoms with E-state index in [1.54, 1.807) is 12.1 Å². The molecule has 0 radical (unpaired) electrons. The fraction of sp³-hybridized carbons (Fsp3) is 0.533. The molecule has 2 rings (SSSR count). The Morgan fingerprint density at radius 3 is 2.65 bits per heavy atom. The molecule has 8 heteroatoms. The molecule has 0 spiro atoms. The lowest BCUT2D eigenvalue weighted by Gasteiger charge is -2.25. The average molecular weight is 343 g/mol. The molecule has 128 valence electrons. The predicted molar refractivity (Wildman–Crippen MR) is 83.5 cm³/mol. The number of rotatable bonds is 5. The van der Waals surface area contributed by atoms with Crippen LogP contribution in [0.15, 0.2) is 18.2 Å². The summed E-state index contributed by atoms with van der Waals surface area (Å²) in [6.07, 6.45) is -0.548. The van der Waals surface area contributed by atoms with Crippen molar-refractivity contribution < 1.29 is 27.2 Å². The summed E-state index contributed by atoms with van der Waals surface area (Å²) in [6, 6.07) is 5.25. The van der Waals surface area contributed by atoms with Gasteiger partial charge in [-0.1, -0.05) is 12.1 Å². The van der Waals surface area contributed by atoms with Crippen molar-refractivity contribution in [2.45, 2.75) is 38.9 Å². The van der Waals surface area contributed by atoms with Gasteiger partial charge in [-0.05, 0) is 32.4 Å². The summed E-state index contributed by atoms with van der Waals surface area (Å²) in [4.78, 5) is 11.9. The predicted octanol–water partition coefficient (Wildman–Crippen LogP) is 1.52. The van der Waals surface area contributed by atoms with Gasteiger partial charge in [-0.25, -0.2) is 4.31 Å². The maximum atomic E-state index is 11.9. The number of ether oxygens (including phenoxy) is 2. The molecular weight excluding hydrogens is 322 g/mol.